The highest BCUT2D eigenvalue weighted by Crippen LogP contribution is 2.16. The van der Waals surface area contributed by atoms with Crippen LogP contribution in [0.4, 0.5) is 11.6 Å². The molecule has 2 heterocycles. The van der Waals surface area contributed by atoms with Gasteiger partial charge in [-0.05, 0) is 18.6 Å². The zero-order chi connectivity index (χ0) is 12.1. The number of hydrogen-bond acceptors (Lipinski definition) is 4. The molecule has 0 aliphatic rings. The van der Waals surface area contributed by atoms with Crippen LogP contribution in [0.3, 0.4) is 0 Å². The van der Waals surface area contributed by atoms with E-state index in [4.69, 9.17) is 0 Å². The molecule has 0 radical (unpaired) electrons. The van der Waals surface area contributed by atoms with Gasteiger partial charge in [0, 0.05) is 10.7 Å². The molecule has 0 saturated heterocycles. The van der Waals surface area contributed by atoms with Gasteiger partial charge in [0.05, 0.1) is 18.1 Å². The van der Waals surface area contributed by atoms with Crippen molar-refractivity contribution in [1.82, 2.24) is 15.0 Å². The minimum Gasteiger partial charge on any atom is -0.324 e. The van der Waals surface area contributed by atoms with Gasteiger partial charge in [-0.25, -0.2) is 9.97 Å². The van der Waals surface area contributed by atoms with E-state index in [0.717, 1.165) is 28.8 Å². The van der Waals surface area contributed by atoms with E-state index >= 15 is 0 Å². The first kappa shape index (κ1) is 12.0. The van der Waals surface area contributed by atoms with Crippen molar-refractivity contribution in [2.45, 2.75) is 19.8 Å². The summed E-state index contributed by atoms with van der Waals surface area (Å²) in [6.45, 7) is 2.12. The molecule has 0 aromatic carbocycles. The predicted octanol–water partition coefficient (Wildman–Crippen LogP) is 3.33. The van der Waals surface area contributed by atoms with Gasteiger partial charge in [-0.1, -0.05) is 29.3 Å². The van der Waals surface area contributed by atoms with E-state index in [9.17, 15) is 0 Å². The van der Waals surface area contributed by atoms with E-state index in [1.165, 1.54) is 0 Å². The fraction of sp³-hybridized carbons (Fsp3) is 0.250. The standard InChI is InChI=1S/C12H13BrN4/c1-2-3-10-7-16-12(8-15-10)17-11-6-9(13)4-5-14-11/h4-8H,2-3H2,1H3,(H,14,16,17). The third-order valence-electron chi connectivity index (χ3n) is 2.19. The van der Waals surface area contributed by atoms with Crippen LogP contribution in [0, 0.1) is 0 Å². The molecule has 0 amide bonds. The molecule has 2 aromatic heterocycles. The molecule has 2 aromatic rings. The van der Waals surface area contributed by atoms with Crippen LogP contribution in [0.2, 0.25) is 0 Å². The van der Waals surface area contributed by atoms with Crippen LogP contribution in [0.1, 0.15) is 19.0 Å². The minimum atomic E-state index is 0.704. The second-order valence-electron chi connectivity index (χ2n) is 3.63. The largest absolute Gasteiger partial charge is 0.324 e. The lowest BCUT2D eigenvalue weighted by Gasteiger charge is -2.05. The Labute approximate surface area is 109 Å². The van der Waals surface area contributed by atoms with Crippen molar-refractivity contribution < 1.29 is 0 Å². The molecule has 0 unspecified atom stereocenters. The molecule has 17 heavy (non-hydrogen) atoms. The Kier molecular flexibility index (Phi) is 4.03. The second-order valence-corrected chi connectivity index (χ2v) is 4.54. The zero-order valence-electron chi connectivity index (χ0n) is 9.52. The molecule has 5 heteroatoms. The van der Waals surface area contributed by atoms with Crippen molar-refractivity contribution >= 4 is 27.6 Å². The Morgan fingerprint density at radius 2 is 2.06 bits per heavy atom. The molecule has 0 bridgehead atoms. The monoisotopic (exact) mass is 292 g/mol. The number of halogens is 1. The Morgan fingerprint density at radius 3 is 2.71 bits per heavy atom. The van der Waals surface area contributed by atoms with Gasteiger partial charge < -0.3 is 5.32 Å². The number of pyridine rings is 1. The van der Waals surface area contributed by atoms with Gasteiger partial charge in [-0.3, -0.25) is 4.98 Å². The normalized spacial score (nSPS) is 10.2. The molecular weight excluding hydrogens is 280 g/mol. The van der Waals surface area contributed by atoms with Crippen LogP contribution in [-0.4, -0.2) is 15.0 Å². The van der Waals surface area contributed by atoms with Crippen molar-refractivity contribution in [3.63, 3.8) is 0 Å². The van der Waals surface area contributed by atoms with E-state index in [1.54, 1.807) is 18.6 Å². The average Bonchev–Trinajstić information content (AvgIpc) is 2.32. The van der Waals surface area contributed by atoms with E-state index in [-0.39, 0.29) is 0 Å². The fourth-order valence-electron chi connectivity index (χ4n) is 1.41. The molecule has 88 valence electrons. The van der Waals surface area contributed by atoms with E-state index < -0.39 is 0 Å². The molecular formula is C12H13BrN4. The Morgan fingerprint density at radius 1 is 1.18 bits per heavy atom. The van der Waals surface area contributed by atoms with Crippen molar-refractivity contribution in [2.75, 3.05) is 5.32 Å². The number of anilines is 2. The van der Waals surface area contributed by atoms with Gasteiger partial charge in [-0.2, -0.15) is 0 Å². The van der Waals surface area contributed by atoms with Crippen LogP contribution in [0.5, 0.6) is 0 Å². The number of aryl methyl sites for hydroxylation is 1. The van der Waals surface area contributed by atoms with Crippen molar-refractivity contribution in [3.05, 3.63) is 40.9 Å². The maximum Gasteiger partial charge on any atom is 0.150 e. The minimum absolute atomic E-state index is 0.704. The molecule has 1 N–H and O–H groups in total. The van der Waals surface area contributed by atoms with E-state index in [0.29, 0.717) is 5.82 Å². The molecule has 0 saturated carbocycles. The van der Waals surface area contributed by atoms with Crippen LogP contribution >= 0.6 is 15.9 Å². The summed E-state index contributed by atoms with van der Waals surface area (Å²) in [5.41, 5.74) is 1.01. The third-order valence-corrected chi connectivity index (χ3v) is 2.68. The predicted molar refractivity (Wildman–Crippen MR) is 71.2 cm³/mol. The highest BCUT2D eigenvalue weighted by atomic mass is 79.9. The Bertz CT molecular complexity index is 484. The molecule has 4 nitrogen and oxygen atoms in total. The number of nitrogens with one attached hydrogen (secondary N) is 1. The van der Waals surface area contributed by atoms with Gasteiger partial charge in [0.25, 0.3) is 0 Å². The molecule has 0 aliphatic heterocycles. The topological polar surface area (TPSA) is 50.7 Å². The SMILES string of the molecule is CCCc1cnc(Nc2cc(Br)ccn2)cn1. The number of nitrogens with zero attached hydrogens (tertiary/aromatic N) is 3. The molecule has 0 aliphatic carbocycles. The highest BCUT2D eigenvalue weighted by molar-refractivity contribution is 9.10. The van der Waals surface area contributed by atoms with Gasteiger partial charge in [0.1, 0.15) is 11.6 Å². The van der Waals surface area contributed by atoms with Crippen molar-refractivity contribution in [2.24, 2.45) is 0 Å². The van der Waals surface area contributed by atoms with Crippen LogP contribution < -0.4 is 5.32 Å². The van der Waals surface area contributed by atoms with E-state index in [1.807, 2.05) is 12.1 Å². The summed E-state index contributed by atoms with van der Waals surface area (Å²) in [6, 6.07) is 3.77. The zero-order valence-corrected chi connectivity index (χ0v) is 11.1. The molecule has 0 atom stereocenters. The Balaban J connectivity index is 2.08. The maximum atomic E-state index is 4.32. The first-order valence-electron chi connectivity index (χ1n) is 5.47. The second kappa shape index (κ2) is 5.72. The summed E-state index contributed by atoms with van der Waals surface area (Å²) in [4.78, 5) is 12.8. The molecule has 0 spiro atoms. The van der Waals surface area contributed by atoms with Crippen LogP contribution in [0.25, 0.3) is 0 Å². The van der Waals surface area contributed by atoms with Crippen molar-refractivity contribution in [3.8, 4) is 0 Å². The van der Waals surface area contributed by atoms with Crippen molar-refractivity contribution in [1.29, 1.82) is 0 Å². The fourth-order valence-corrected chi connectivity index (χ4v) is 1.74. The number of aromatic nitrogens is 3. The third kappa shape index (κ3) is 3.49. The Hall–Kier alpha value is -1.49. The summed E-state index contributed by atoms with van der Waals surface area (Å²) in [5, 5.41) is 3.10. The maximum absolute atomic E-state index is 4.32. The van der Waals surface area contributed by atoms with Crippen LogP contribution in [-0.2, 0) is 6.42 Å². The smallest absolute Gasteiger partial charge is 0.150 e. The van der Waals surface area contributed by atoms with Gasteiger partial charge in [0.2, 0.25) is 0 Å². The number of hydrogen-bond donors (Lipinski definition) is 1. The summed E-state index contributed by atoms with van der Waals surface area (Å²) in [7, 11) is 0. The van der Waals surface area contributed by atoms with E-state index in [2.05, 4.69) is 43.1 Å². The summed E-state index contributed by atoms with van der Waals surface area (Å²) >= 11 is 3.39. The molecule has 2 rings (SSSR count). The first-order valence-corrected chi connectivity index (χ1v) is 6.26. The summed E-state index contributed by atoms with van der Waals surface area (Å²) in [5.74, 6) is 1.45. The van der Waals surface area contributed by atoms with Gasteiger partial charge >= 0.3 is 0 Å². The lowest BCUT2D eigenvalue weighted by Crippen LogP contribution is -1.98. The summed E-state index contributed by atoms with van der Waals surface area (Å²) in [6.07, 6.45) is 7.29. The average molecular weight is 293 g/mol. The number of rotatable bonds is 4. The first-order chi connectivity index (χ1) is 8.28. The van der Waals surface area contributed by atoms with Gasteiger partial charge in [0.15, 0.2) is 0 Å². The lowest BCUT2D eigenvalue weighted by atomic mass is 10.3. The van der Waals surface area contributed by atoms with Gasteiger partial charge in [-0.15, -0.1) is 0 Å². The molecule has 0 fully saturated rings. The van der Waals surface area contributed by atoms with Crippen LogP contribution in [0.15, 0.2) is 35.2 Å². The quantitative estimate of drug-likeness (QED) is 0.939. The lowest BCUT2D eigenvalue weighted by molar-refractivity contribution is 0.871. The summed E-state index contributed by atoms with van der Waals surface area (Å²) < 4.78 is 0.977. The highest BCUT2D eigenvalue weighted by Gasteiger charge is 1.99.